The number of hydrogen-bond donors (Lipinski definition) is 1. The predicted molar refractivity (Wildman–Crippen MR) is 131 cm³/mol. The molecule has 0 aliphatic carbocycles. The lowest BCUT2D eigenvalue weighted by atomic mass is 10.0. The minimum absolute atomic E-state index is 0.243. The molecule has 0 spiro atoms. The average Bonchev–Trinajstić information content (AvgIpc) is 3.58. The van der Waals surface area contributed by atoms with E-state index in [2.05, 4.69) is 39.5 Å². The summed E-state index contributed by atoms with van der Waals surface area (Å²) in [5.74, 6) is 1.12. The summed E-state index contributed by atoms with van der Waals surface area (Å²) in [4.78, 5) is 11.5. The molecule has 2 aromatic heterocycles. The molecule has 2 aliphatic rings. The number of alkyl halides is 1. The number of imidazole rings is 1. The number of fused-ring (bicyclic) bond motifs is 2. The van der Waals surface area contributed by atoms with Gasteiger partial charge in [-0.2, -0.15) is 0 Å². The number of ether oxygens (including phenoxy) is 1. The largest absolute Gasteiger partial charge is 0.493 e. The highest BCUT2D eigenvalue weighted by atomic mass is 19.1. The van der Waals surface area contributed by atoms with Gasteiger partial charge in [-0.1, -0.05) is 24.3 Å². The molecule has 180 valence electrons. The van der Waals surface area contributed by atoms with Crippen molar-refractivity contribution in [2.75, 3.05) is 25.0 Å². The van der Waals surface area contributed by atoms with Gasteiger partial charge >= 0.3 is 0 Å². The molecule has 1 N–H and O–H groups in total. The van der Waals surface area contributed by atoms with Crippen molar-refractivity contribution in [1.82, 2.24) is 19.3 Å². The maximum Gasteiger partial charge on any atom is 0.208 e. The Balaban J connectivity index is 1.26. The van der Waals surface area contributed by atoms with Gasteiger partial charge < -0.3 is 10.1 Å². The lowest BCUT2D eigenvalue weighted by Crippen LogP contribution is -2.20. The Morgan fingerprint density at radius 3 is 2.83 bits per heavy atom. The number of nitrogens with one attached hydrogen (secondary N) is 1. The number of benzene rings is 2. The van der Waals surface area contributed by atoms with E-state index in [-0.39, 0.29) is 5.82 Å². The molecule has 35 heavy (non-hydrogen) atoms. The Labute approximate surface area is 202 Å². The number of rotatable bonds is 6. The Hall–Kier alpha value is -3.52. The van der Waals surface area contributed by atoms with Crippen LogP contribution in [0.5, 0.6) is 5.75 Å². The molecule has 4 heterocycles. The summed E-state index contributed by atoms with van der Waals surface area (Å²) in [5, 5.41) is 3.30. The molecular weight excluding hydrogens is 448 g/mol. The third-order valence-electron chi connectivity index (χ3n) is 6.86. The number of aryl methyl sites for hydroxylation is 1. The van der Waals surface area contributed by atoms with Crippen molar-refractivity contribution in [2.45, 2.75) is 39.0 Å². The Bertz CT molecular complexity index is 1380. The molecule has 2 aliphatic heterocycles. The lowest BCUT2D eigenvalue weighted by Gasteiger charge is -2.15. The van der Waals surface area contributed by atoms with E-state index in [0.717, 1.165) is 52.4 Å². The van der Waals surface area contributed by atoms with Crippen molar-refractivity contribution in [1.29, 1.82) is 0 Å². The molecule has 4 aromatic rings. The zero-order chi connectivity index (χ0) is 23.9. The maximum absolute atomic E-state index is 14.6. The standard InChI is InChI=1S/C27H27F2N5O/c1-17-14-34-26(32-17)22(19-4-2-18(3-5-19)15-33-10-8-20(28)16-33)12-30-27(34)31-13-23-21-9-11-35-25(21)7-6-24(23)29/h2-7,12,14,20H,8-11,13,15-16H2,1H3,(H,30,31). The van der Waals surface area contributed by atoms with Crippen LogP contribution >= 0.6 is 0 Å². The number of anilines is 1. The molecule has 0 amide bonds. The van der Waals surface area contributed by atoms with Gasteiger partial charge in [-0.15, -0.1) is 0 Å². The average molecular weight is 476 g/mol. The zero-order valence-electron chi connectivity index (χ0n) is 19.6. The Morgan fingerprint density at radius 2 is 2.03 bits per heavy atom. The van der Waals surface area contributed by atoms with Crippen LogP contribution in [0.4, 0.5) is 14.7 Å². The van der Waals surface area contributed by atoms with Gasteiger partial charge in [-0.05, 0) is 36.6 Å². The third-order valence-corrected chi connectivity index (χ3v) is 6.86. The van der Waals surface area contributed by atoms with Gasteiger partial charge in [0.05, 0.1) is 12.3 Å². The second kappa shape index (κ2) is 8.92. The summed E-state index contributed by atoms with van der Waals surface area (Å²) >= 11 is 0. The second-order valence-corrected chi connectivity index (χ2v) is 9.34. The monoisotopic (exact) mass is 475 g/mol. The van der Waals surface area contributed by atoms with E-state index in [9.17, 15) is 8.78 Å². The van der Waals surface area contributed by atoms with Crippen LogP contribution in [0.3, 0.4) is 0 Å². The zero-order valence-corrected chi connectivity index (χ0v) is 19.6. The molecule has 1 fully saturated rings. The van der Waals surface area contributed by atoms with E-state index in [1.165, 1.54) is 6.07 Å². The quantitative estimate of drug-likeness (QED) is 0.428. The van der Waals surface area contributed by atoms with Crippen molar-refractivity contribution < 1.29 is 13.5 Å². The molecule has 0 bridgehead atoms. The fourth-order valence-electron chi connectivity index (χ4n) is 5.08. The molecule has 1 atom stereocenters. The van der Waals surface area contributed by atoms with Crippen molar-refractivity contribution in [3.8, 4) is 16.9 Å². The van der Waals surface area contributed by atoms with Crippen molar-refractivity contribution in [3.63, 3.8) is 0 Å². The van der Waals surface area contributed by atoms with Gasteiger partial charge in [0, 0.05) is 61.7 Å². The summed E-state index contributed by atoms with van der Waals surface area (Å²) < 4.78 is 35.6. The highest BCUT2D eigenvalue weighted by Gasteiger charge is 2.22. The van der Waals surface area contributed by atoms with Gasteiger partial charge in [0.15, 0.2) is 0 Å². The molecule has 0 saturated carbocycles. The summed E-state index contributed by atoms with van der Waals surface area (Å²) in [5.41, 5.74) is 6.28. The normalized spacial score (nSPS) is 17.6. The SMILES string of the molecule is Cc1cn2c(NCc3c(F)ccc4c3CCO4)ncc(-c3ccc(CN4CCC(F)C4)cc3)c2n1. The van der Waals surface area contributed by atoms with Crippen molar-refractivity contribution in [2.24, 2.45) is 0 Å². The summed E-state index contributed by atoms with van der Waals surface area (Å²) in [6.45, 7) is 4.90. The van der Waals surface area contributed by atoms with Gasteiger partial charge in [-0.25, -0.2) is 18.7 Å². The number of hydrogen-bond acceptors (Lipinski definition) is 5. The van der Waals surface area contributed by atoms with Crippen molar-refractivity contribution in [3.05, 3.63) is 77.0 Å². The van der Waals surface area contributed by atoms with Gasteiger partial charge in [0.2, 0.25) is 5.95 Å². The van der Waals surface area contributed by atoms with Crippen LogP contribution in [-0.4, -0.2) is 45.1 Å². The Morgan fingerprint density at radius 1 is 1.17 bits per heavy atom. The molecule has 1 saturated heterocycles. The fraction of sp³-hybridized carbons (Fsp3) is 0.333. The summed E-state index contributed by atoms with van der Waals surface area (Å²) in [6.07, 6.45) is 4.35. The van der Waals surface area contributed by atoms with Crippen LogP contribution in [0, 0.1) is 12.7 Å². The molecule has 2 aromatic carbocycles. The van der Waals surface area contributed by atoms with E-state index in [1.54, 1.807) is 6.07 Å². The van der Waals surface area contributed by atoms with E-state index < -0.39 is 6.17 Å². The molecule has 6 rings (SSSR count). The third kappa shape index (κ3) is 4.23. The van der Waals surface area contributed by atoms with E-state index in [0.29, 0.717) is 44.0 Å². The molecule has 6 nitrogen and oxygen atoms in total. The number of likely N-dealkylation sites (tertiary alicyclic amines) is 1. The first-order valence-corrected chi connectivity index (χ1v) is 12.0. The van der Waals surface area contributed by atoms with Crippen LogP contribution in [0.15, 0.2) is 48.8 Å². The first-order chi connectivity index (χ1) is 17.0. The lowest BCUT2D eigenvalue weighted by molar-refractivity contribution is 0.282. The second-order valence-electron chi connectivity index (χ2n) is 9.34. The first kappa shape index (κ1) is 22.0. The van der Waals surface area contributed by atoms with Gasteiger partial charge in [0.25, 0.3) is 0 Å². The van der Waals surface area contributed by atoms with E-state index in [4.69, 9.17) is 9.72 Å². The van der Waals surface area contributed by atoms with Crippen molar-refractivity contribution >= 4 is 11.6 Å². The first-order valence-electron chi connectivity index (χ1n) is 12.0. The number of halogens is 2. The molecule has 1 unspecified atom stereocenters. The molecule has 8 heteroatoms. The van der Waals surface area contributed by atoms with E-state index in [1.807, 2.05) is 23.7 Å². The van der Waals surface area contributed by atoms with E-state index >= 15 is 0 Å². The summed E-state index contributed by atoms with van der Waals surface area (Å²) in [6, 6.07) is 11.4. The predicted octanol–water partition coefficient (Wildman–Crippen LogP) is 4.93. The van der Waals surface area contributed by atoms with Gasteiger partial charge in [0.1, 0.15) is 23.4 Å². The highest BCUT2D eigenvalue weighted by Crippen LogP contribution is 2.31. The number of nitrogens with zero attached hydrogens (tertiary/aromatic N) is 4. The Kier molecular flexibility index (Phi) is 5.60. The topological polar surface area (TPSA) is 54.7 Å². The molecule has 0 radical (unpaired) electrons. The fourth-order valence-corrected chi connectivity index (χ4v) is 5.08. The van der Waals surface area contributed by atoms with Crippen LogP contribution in [0.2, 0.25) is 0 Å². The summed E-state index contributed by atoms with van der Waals surface area (Å²) in [7, 11) is 0. The number of aromatic nitrogens is 3. The maximum atomic E-state index is 14.6. The van der Waals surface area contributed by atoms with Gasteiger partial charge in [-0.3, -0.25) is 9.30 Å². The minimum Gasteiger partial charge on any atom is -0.493 e. The van der Waals surface area contributed by atoms with Crippen LogP contribution < -0.4 is 10.1 Å². The van der Waals surface area contributed by atoms with Crippen LogP contribution in [0.25, 0.3) is 16.8 Å². The highest BCUT2D eigenvalue weighted by molar-refractivity contribution is 5.78. The van der Waals surface area contributed by atoms with Crippen LogP contribution in [-0.2, 0) is 19.5 Å². The minimum atomic E-state index is -0.711. The molecular formula is C27H27F2N5O. The van der Waals surface area contributed by atoms with Crippen LogP contribution in [0.1, 0.15) is 28.8 Å². The smallest absolute Gasteiger partial charge is 0.208 e.